The molecule has 0 amide bonds. The molecule has 1 aromatic carbocycles. The highest BCUT2D eigenvalue weighted by Crippen LogP contribution is 2.23. The lowest BCUT2D eigenvalue weighted by Crippen LogP contribution is -2.29. The van der Waals surface area contributed by atoms with Crippen molar-refractivity contribution in [3.05, 3.63) is 40.9 Å². The van der Waals surface area contributed by atoms with Gasteiger partial charge in [-0.1, -0.05) is 43.2 Å². The number of halogens is 1. The van der Waals surface area contributed by atoms with Crippen LogP contribution in [0.3, 0.4) is 0 Å². The lowest BCUT2D eigenvalue weighted by molar-refractivity contribution is 0.297. The summed E-state index contributed by atoms with van der Waals surface area (Å²) in [5.74, 6) is 0. The average Bonchev–Trinajstić information content (AvgIpc) is 2.38. The Balaban J connectivity index is 1.96. The lowest BCUT2D eigenvalue weighted by atomic mass is 9.99. The third-order valence-electron chi connectivity index (χ3n) is 3.34. The van der Waals surface area contributed by atoms with Crippen LogP contribution in [0.15, 0.2) is 30.3 Å². The molecule has 1 aliphatic heterocycles. The van der Waals surface area contributed by atoms with E-state index in [4.69, 9.17) is 11.6 Å². The first-order valence-corrected chi connectivity index (χ1v) is 6.84. The van der Waals surface area contributed by atoms with Crippen molar-refractivity contribution in [3.8, 4) is 0 Å². The van der Waals surface area contributed by atoms with E-state index in [9.17, 15) is 0 Å². The smallest absolute Gasteiger partial charge is 0.0406 e. The molecule has 0 atom stereocenters. The summed E-state index contributed by atoms with van der Waals surface area (Å²) in [6.45, 7) is 5.77. The molecule has 0 radical (unpaired) electrons. The molecule has 0 saturated heterocycles. The number of unbranched alkanes of at least 4 members (excludes halogenated alkanes) is 1. The summed E-state index contributed by atoms with van der Waals surface area (Å²) in [4.78, 5) is 2.53. The predicted octanol–water partition coefficient (Wildman–Crippen LogP) is 4.23. The number of nitrogens with zero attached hydrogens (tertiary/aromatic N) is 1. The summed E-state index contributed by atoms with van der Waals surface area (Å²) in [5, 5.41) is 0.815. The van der Waals surface area contributed by atoms with Gasteiger partial charge in [-0.05, 0) is 42.7 Å². The molecule has 17 heavy (non-hydrogen) atoms. The van der Waals surface area contributed by atoms with Crippen LogP contribution < -0.4 is 0 Å². The van der Waals surface area contributed by atoms with Crippen LogP contribution in [-0.2, 0) is 0 Å². The molecule has 0 fully saturated rings. The molecule has 0 aliphatic carbocycles. The Hall–Kier alpha value is -0.790. The molecule has 2 heteroatoms. The van der Waals surface area contributed by atoms with E-state index in [-0.39, 0.29) is 0 Å². The second kappa shape index (κ2) is 6.23. The molecule has 0 spiro atoms. The summed E-state index contributed by atoms with van der Waals surface area (Å²) in [5.41, 5.74) is 2.79. The minimum atomic E-state index is 0.815. The van der Waals surface area contributed by atoms with Crippen LogP contribution in [0.1, 0.15) is 31.7 Å². The normalized spacial score (nSPS) is 16.9. The van der Waals surface area contributed by atoms with Crippen LogP contribution in [0.5, 0.6) is 0 Å². The van der Waals surface area contributed by atoms with Gasteiger partial charge in [0.1, 0.15) is 0 Å². The zero-order valence-corrected chi connectivity index (χ0v) is 11.2. The third-order valence-corrected chi connectivity index (χ3v) is 3.59. The molecule has 2 rings (SSSR count). The van der Waals surface area contributed by atoms with Gasteiger partial charge in [0.25, 0.3) is 0 Å². The van der Waals surface area contributed by atoms with Crippen LogP contribution in [0, 0.1) is 0 Å². The standard InChI is InChI=1S/C15H20ClN/c1-2-3-10-17-11-8-14(9-12-17)13-4-6-15(16)7-5-13/h4-8H,2-3,9-12H2,1H3. The predicted molar refractivity (Wildman–Crippen MR) is 75.4 cm³/mol. The Kier molecular flexibility index (Phi) is 4.64. The van der Waals surface area contributed by atoms with Crippen molar-refractivity contribution in [1.82, 2.24) is 4.90 Å². The Morgan fingerprint density at radius 3 is 2.59 bits per heavy atom. The van der Waals surface area contributed by atoms with Crippen molar-refractivity contribution in [3.63, 3.8) is 0 Å². The fourth-order valence-electron chi connectivity index (χ4n) is 2.22. The number of rotatable bonds is 4. The van der Waals surface area contributed by atoms with E-state index in [0.717, 1.165) is 18.0 Å². The van der Waals surface area contributed by atoms with Crippen LogP contribution >= 0.6 is 11.6 Å². The van der Waals surface area contributed by atoms with Gasteiger partial charge in [0.2, 0.25) is 0 Å². The summed E-state index contributed by atoms with van der Waals surface area (Å²) in [6, 6.07) is 8.19. The van der Waals surface area contributed by atoms with Gasteiger partial charge in [0, 0.05) is 18.1 Å². The highest BCUT2D eigenvalue weighted by molar-refractivity contribution is 6.30. The summed E-state index contributed by atoms with van der Waals surface area (Å²) >= 11 is 5.90. The first-order valence-electron chi connectivity index (χ1n) is 6.47. The Bertz CT molecular complexity index is 380. The van der Waals surface area contributed by atoms with Crippen LogP contribution in [0.2, 0.25) is 5.02 Å². The van der Waals surface area contributed by atoms with Crippen LogP contribution in [0.25, 0.3) is 5.57 Å². The van der Waals surface area contributed by atoms with Crippen molar-refractivity contribution < 1.29 is 0 Å². The van der Waals surface area contributed by atoms with Gasteiger partial charge in [0.15, 0.2) is 0 Å². The largest absolute Gasteiger partial charge is 0.299 e. The number of benzene rings is 1. The minimum Gasteiger partial charge on any atom is -0.299 e. The summed E-state index contributed by atoms with van der Waals surface area (Å²) in [6.07, 6.45) is 6.11. The highest BCUT2D eigenvalue weighted by atomic mass is 35.5. The van der Waals surface area contributed by atoms with E-state index in [0.29, 0.717) is 0 Å². The van der Waals surface area contributed by atoms with E-state index in [2.05, 4.69) is 30.0 Å². The summed E-state index contributed by atoms with van der Waals surface area (Å²) < 4.78 is 0. The molecule has 0 aromatic heterocycles. The van der Waals surface area contributed by atoms with Crippen molar-refractivity contribution in [2.45, 2.75) is 26.2 Å². The first kappa shape index (κ1) is 12.7. The average molecular weight is 250 g/mol. The van der Waals surface area contributed by atoms with Crippen molar-refractivity contribution in [2.24, 2.45) is 0 Å². The van der Waals surface area contributed by atoms with Gasteiger partial charge in [-0.15, -0.1) is 0 Å². The Labute approximate surface area is 109 Å². The van der Waals surface area contributed by atoms with Crippen molar-refractivity contribution in [1.29, 1.82) is 0 Å². The van der Waals surface area contributed by atoms with Crippen LogP contribution in [-0.4, -0.2) is 24.5 Å². The van der Waals surface area contributed by atoms with Gasteiger partial charge in [-0.2, -0.15) is 0 Å². The zero-order valence-electron chi connectivity index (χ0n) is 10.5. The van der Waals surface area contributed by atoms with E-state index in [1.165, 1.54) is 37.1 Å². The Morgan fingerprint density at radius 2 is 2.00 bits per heavy atom. The van der Waals surface area contributed by atoms with Gasteiger partial charge in [-0.3, -0.25) is 4.90 Å². The van der Waals surface area contributed by atoms with Gasteiger partial charge in [-0.25, -0.2) is 0 Å². The molecular formula is C15H20ClN. The molecule has 1 heterocycles. The Morgan fingerprint density at radius 1 is 1.24 bits per heavy atom. The molecule has 1 nitrogen and oxygen atoms in total. The molecule has 0 N–H and O–H groups in total. The van der Waals surface area contributed by atoms with Gasteiger partial charge in [0.05, 0.1) is 0 Å². The first-order chi connectivity index (χ1) is 8.29. The second-order valence-electron chi connectivity index (χ2n) is 4.64. The maximum absolute atomic E-state index is 5.90. The van der Waals surface area contributed by atoms with Crippen LogP contribution in [0.4, 0.5) is 0 Å². The number of hydrogen-bond donors (Lipinski definition) is 0. The highest BCUT2D eigenvalue weighted by Gasteiger charge is 2.11. The zero-order chi connectivity index (χ0) is 12.1. The minimum absolute atomic E-state index is 0.815. The molecule has 92 valence electrons. The quantitative estimate of drug-likeness (QED) is 0.772. The lowest BCUT2D eigenvalue weighted by Gasteiger charge is -2.26. The fourth-order valence-corrected chi connectivity index (χ4v) is 2.35. The number of hydrogen-bond acceptors (Lipinski definition) is 1. The van der Waals surface area contributed by atoms with E-state index in [1.807, 2.05) is 12.1 Å². The van der Waals surface area contributed by atoms with E-state index < -0.39 is 0 Å². The molecule has 1 aliphatic rings. The monoisotopic (exact) mass is 249 g/mol. The third kappa shape index (κ3) is 3.58. The molecular weight excluding hydrogens is 230 g/mol. The topological polar surface area (TPSA) is 3.24 Å². The SMILES string of the molecule is CCCCN1CC=C(c2ccc(Cl)cc2)CC1. The van der Waals surface area contributed by atoms with Crippen molar-refractivity contribution in [2.75, 3.05) is 19.6 Å². The summed E-state index contributed by atoms with van der Waals surface area (Å²) in [7, 11) is 0. The van der Waals surface area contributed by atoms with Crippen molar-refractivity contribution >= 4 is 17.2 Å². The fraction of sp³-hybridized carbons (Fsp3) is 0.467. The maximum atomic E-state index is 5.90. The van der Waals surface area contributed by atoms with E-state index in [1.54, 1.807) is 0 Å². The molecule has 0 bridgehead atoms. The maximum Gasteiger partial charge on any atom is 0.0406 e. The molecule has 0 unspecified atom stereocenters. The molecule has 0 saturated carbocycles. The second-order valence-corrected chi connectivity index (χ2v) is 5.08. The molecule has 1 aromatic rings. The van der Waals surface area contributed by atoms with E-state index >= 15 is 0 Å². The van der Waals surface area contributed by atoms with Gasteiger partial charge >= 0.3 is 0 Å². The van der Waals surface area contributed by atoms with Gasteiger partial charge < -0.3 is 0 Å².